The predicted octanol–water partition coefficient (Wildman–Crippen LogP) is 5.27. The Balaban J connectivity index is 1.99. The van der Waals surface area contributed by atoms with Crippen molar-refractivity contribution in [3.63, 3.8) is 0 Å². The molecule has 0 N–H and O–H groups in total. The van der Waals surface area contributed by atoms with Crippen LogP contribution in [0.2, 0.25) is 0 Å². The van der Waals surface area contributed by atoms with Crippen molar-refractivity contribution in [3.05, 3.63) is 70.8 Å². The molecule has 0 aliphatic rings. The molecule has 0 amide bonds. The lowest BCUT2D eigenvalue weighted by molar-refractivity contribution is -0.138. The van der Waals surface area contributed by atoms with Crippen LogP contribution in [-0.2, 0) is 23.8 Å². The van der Waals surface area contributed by atoms with Crippen molar-refractivity contribution >= 4 is 6.21 Å². The monoisotopic (exact) mass is 347 g/mol. The van der Waals surface area contributed by atoms with Crippen LogP contribution in [-0.4, -0.2) is 6.21 Å². The van der Waals surface area contributed by atoms with Crippen LogP contribution in [0, 0.1) is 0 Å². The smallest absolute Gasteiger partial charge is 0.391 e. The number of alkyl halides is 6. The van der Waals surface area contributed by atoms with Crippen LogP contribution in [0.5, 0.6) is 0 Å². The van der Waals surface area contributed by atoms with Gasteiger partial charge in [0.25, 0.3) is 0 Å². The summed E-state index contributed by atoms with van der Waals surface area (Å²) in [7, 11) is 0. The van der Waals surface area contributed by atoms with E-state index in [-0.39, 0.29) is 12.2 Å². The molecule has 2 aromatic rings. The van der Waals surface area contributed by atoms with Gasteiger partial charge >= 0.3 is 12.4 Å². The van der Waals surface area contributed by atoms with Crippen molar-refractivity contribution in [2.24, 2.45) is 5.16 Å². The minimum atomic E-state index is -4.52. The molecule has 0 aromatic heterocycles. The first kappa shape index (κ1) is 17.8. The highest BCUT2D eigenvalue weighted by atomic mass is 19.4. The molecule has 0 heterocycles. The number of hydrogen-bond donors (Lipinski definition) is 0. The van der Waals surface area contributed by atoms with Crippen LogP contribution in [0.15, 0.2) is 53.7 Å². The van der Waals surface area contributed by atoms with Crippen LogP contribution in [0.1, 0.15) is 22.3 Å². The maximum Gasteiger partial charge on any atom is 0.417 e. The summed E-state index contributed by atoms with van der Waals surface area (Å²) in [5.41, 5.74) is -1.41. The average molecular weight is 347 g/mol. The van der Waals surface area contributed by atoms with Crippen LogP contribution < -0.4 is 0 Å². The van der Waals surface area contributed by atoms with Crippen LogP contribution in [0.25, 0.3) is 0 Å². The summed E-state index contributed by atoms with van der Waals surface area (Å²) in [5, 5.41) is 3.44. The van der Waals surface area contributed by atoms with Crippen molar-refractivity contribution in [2.45, 2.75) is 19.0 Å². The normalized spacial score (nSPS) is 12.6. The van der Waals surface area contributed by atoms with E-state index in [1.807, 2.05) is 0 Å². The van der Waals surface area contributed by atoms with Gasteiger partial charge in [-0.15, -0.1) is 0 Å². The number of rotatable bonds is 4. The average Bonchev–Trinajstić information content (AvgIpc) is 2.50. The molecule has 2 aromatic carbocycles. The van der Waals surface area contributed by atoms with E-state index >= 15 is 0 Å². The lowest BCUT2D eigenvalue weighted by atomic mass is 10.1. The van der Waals surface area contributed by atoms with Crippen LogP contribution in [0.4, 0.5) is 26.3 Å². The number of halogens is 6. The fraction of sp³-hybridized carbons (Fsp3) is 0.188. The van der Waals surface area contributed by atoms with Gasteiger partial charge in [-0.2, -0.15) is 26.3 Å². The zero-order chi connectivity index (χ0) is 17.8. The Bertz CT molecular complexity index is 704. The van der Waals surface area contributed by atoms with Gasteiger partial charge in [0.1, 0.15) is 6.61 Å². The molecule has 2 nitrogen and oxygen atoms in total. The Morgan fingerprint density at radius 2 is 1.46 bits per heavy atom. The molecule has 8 heteroatoms. The summed E-state index contributed by atoms with van der Waals surface area (Å²) in [6, 6.07) is 9.02. The van der Waals surface area contributed by atoms with Crippen molar-refractivity contribution < 1.29 is 31.2 Å². The number of hydrogen-bond acceptors (Lipinski definition) is 2. The highest BCUT2D eigenvalue weighted by Crippen LogP contribution is 2.31. The highest BCUT2D eigenvalue weighted by Gasteiger charge is 2.32. The minimum Gasteiger partial charge on any atom is -0.391 e. The number of benzene rings is 2. The second-order valence-corrected chi connectivity index (χ2v) is 4.79. The molecule has 0 aliphatic heterocycles. The molecule has 0 aliphatic carbocycles. The maximum atomic E-state index is 12.8. The first-order valence-electron chi connectivity index (χ1n) is 6.65. The highest BCUT2D eigenvalue weighted by molar-refractivity contribution is 5.81. The van der Waals surface area contributed by atoms with E-state index in [0.29, 0.717) is 5.56 Å². The molecular weight excluding hydrogens is 336 g/mol. The van der Waals surface area contributed by atoms with Crippen LogP contribution in [0.3, 0.4) is 0 Å². The number of oxime groups is 1. The van der Waals surface area contributed by atoms with E-state index < -0.39 is 23.5 Å². The van der Waals surface area contributed by atoms with Gasteiger partial charge < -0.3 is 4.84 Å². The van der Waals surface area contributed by atoms with Gasteiger partial charge in [0.05, 0.1) is 17.3 Å². The second kappa shape index (κ2) is 6.94. The van der Waals surface area contributed by atoms with Gasteiger partial charge in [-0.1, -0.05) is 35.5 Å². The Morgan fingerprint density at radius 3 is 2.04 bits per heavy atom. The van der Waals surface area contributed by atoms with Crippen molar-refractivity contribution in [3.8, 4) is 0 Å². The maximum absolute atomic E-state index is 12.8. The topological polar surface area (TPSA) is 21.6 Å². The summed E-state index contributed by atoms with van der Waals surface area (Å²) in [6.07, 6.45) is -8.04. The fourth-order valence-electron chi connectivity index (χ4n) is 1.86. The van der Waals surface area contributed by atoms with E-state index in [1.165, 1.54) is 30.3 Å². The molecule has 128 valence electrons. The van der Waals surface area contributed by atoms with Crippen LogP contribution >= 0.6 is 0 Å². The largest absolute Gasteiger partial charge is 0.417 e. The Hall–Kier alpha value is -2.51. The third-order valence-corrected chi connectivity index (χ3v) is 3.04. The minimum absolute atomic E-state index is 0.164. The van der Waals surface area contributed by atoms with Gasteiger partial charge in [0.15, 0.2) is 0 Å². The first-order chi connectivity index (χ1) is 11.2. The predicted molar refractivity (Wildman–Crippen MR) is 75.3 cm³/mol. The van der Waals surface area contributed by atoms with E-state index in [0.717, 1.165) is 24.4 Å². The zero-order valence-corrected chi connectivity index (χ0v) is 12.0. The summed E-state index contributed by atoms with van der Waals surface area (Å²) in [5.74, 6) is 0. The standard InChI is InChI=1S/C16H11F6NO/c17-15(18,19)13-7-5-11(6-8-13)10-24-23-9-12-3-1-2-4-14(12)16(20,21)22/h1-9H,10H2. The SMILES string of the molecule is FC(F)(F)c1ccc(CON=Cc2ccccc2C(F)(F)F)cc1. The van der Waals surface area contributed by atoms with Crippen molar-refractivity contribution in [2.75, 3.05) is 0 Å². The van der Waals surface area contributed by atoms with Gasteiger partial charge in [-0.25, -0.2) is 0 Å². The molecule has 0 radical (unpaired) electrons. The van der Waals surface area contributed by atoms with Gasteiger partial charge in [0.2, 0.25) is 0 Å². The molecular formula is C16H11F6NO. The van der Waals surface area contributed by atoms with Crippen molar-refractivity contribution in [1.82, 2.24) is 0 Å². The quantitative estimate of drug-likeness (QED) is 0.419. The van der Waals surface area contributed by atoms with Gasteiger partial charge in [0, 0.05) is 5.56 Å². The van der Waals surface area contributed by atoms with Gasteiger partial charge in [-0.3, -0.25) is 0 Å². The molecule has 0 saturated heterocycles. The summed E-state index contributed by atoms with van der Waals surface area (Å²) >= 11 is 0. The molecule has 0 atom stereocenters. The lowest BCUT2D eigenvalue weighted by Crippen LogP contribution is -2.08. The van der Waals surface area contributed by atoms with E-state index in [2.05, 4.69) is 5.16 Å². The third-order valence-electron chi connectivity index (χ3n) is 3.04. The van der Waals surface area contributed by atoms with E-state index in [9.17, 15) is 26.3 Å². The molecule has 24 heavy (non-hydrogen) atoms. The number of nitrogens with zero attached hydrogens (tertiary/aromatic N) is 1. The first-order valence-corrected chi connectivity index (χ1v) is 6.65. The lowest BCUT2D eigenvalue weighted by Gasteiger charge is -2.09. The molecule has 0 unspecified atom stereocenters. The summed E-state index contributed by atoms with van der Waals surface area (Å²) < 4.78 is 75.5. The molecule has 0 bridgehead atoms. The Morgan fingerprint density at radius 1 is 0.833 bits per heavy atom. The zero-order valence-electron chi connectivity index (χ0n) is 12.0. The molecule has 2 rings (SSSR count). The van der Waals surface area contributed by atoms with Crippen molar-refractivity contribution in [1.29, 1.82) is 0 Å². The van der Waals surface area contributed by atoms with E-state index in [4.69, 9.17) is 4.84 Å². The Labute approximate surface area is 133 Å². The third kappa shape index (κ3) is 4.74. The molecule has 0 spiro atoms. The fourth-order valence-corrected chi connectivity index (χ4v) is 1.86. The summed E-state index contributed by atoms with van der Waals surface area (Å²) in [6.45, 7) is -0.164. The van der Waals surface area contributed by atoms with E-state index in [1.54, 1.807) is 0 Å². The molecule has 0 fully saturated rings. The Kier molecular flexibility index (Phi) is 5.16. The van der Waals surface area contributed by atoms with Gasteiger partial charge in [-0.05, 0) is 23.8 Å². The summed E-state index contributed by atoms with van der Waals surface area (Å²) in [4.78, 5) is 4.84. The molecule has 0 saturated carbocycles. The second-order valence-electron chi connectivity index (χ2n) is 4.79.